The van der Waals surface area contributed by atoms with E-state index in [1.807, 2.05) is 0 Å². The van der Waals surface area contributed by atoms with Crippen molar-refractivity contribution in [2.24, 2.45) is 0 Å². The molecule has 0 atom stereocenters. The number of ether oxygens (including phenoxy) is 2. The molecule has 0 bridgehead atoms. The largest absolute Gasteiger partial charge is 0.493 e. The first-order chi connectivity index (χ1) is 10.6. The van der Waals surface area contributed by atoms with Crippen molar-refractivity contribution in [1.29, 1.82) is 0 Å². The Bertz CT molecular complexity index is 522. The lowest BCUT2D eigenvalue weighted by Gasteiger charge is -2.10. The average molecular weight is 306 g/mol. The van der Waals surface area contributed by atoms with E-state index in [4.69, 9.17) is 4.74 Å². The lowest BCUT2D eigenvalue weighted by molar-refractivity contribution is -0.153. The second kappa shape index (κ2) is 9.71. The molecule has 0 aromatic heterocycles. The third-order valence-corrected chi connectivity index (χ3v) is 3.02. The highest BCUT2D eigenvalue weighted by molar-refractivity contribution is 6.38. The fourth-order valence-corrected chi connectivity index (χ4v) is 1.88. The molecule has 5 nitrogen and oxygen atoms in total. The van der Waals surface area contributed by atoms with Gasteiger partial charge >= 0.3 is 5.97 Å². The molecule has 0 radical (unpaired) electrons. The van der Waals surface area contributed by atoms with E-state index in [-0.39, 0.29) is 6.61 Å². The molecule has 0 amide bonds. The van der Waals surface area contributed by atoms with E-state index in [1.165, 1.54) is 0 Å². The Labute approximate surface area is 130 Å². The van der Waals surface area contributed by atoms with Gasteiger partial charge in [-0.3, -0.25) is 9.59 Å². The molecule has 0 fully saturated rings. The van der Waals surface area contributed by atoms with Crippen molar-refractivity contribution in [3.05, 3.63) is 29.8 Å². The first-order valence-electron chi connectivity index (χ1n) is 7.55. The van der Waals surface area contributed by atoms with Crippen LogP contribution in [0.2, 0.25) is 0 Å². The van der Waals surface area contributed by atoms with Crippen LogP contribution in [0.5, 0.6) is 5.75 Å². The molecule has 0 heterocycles. The summed E-state index contributed by atoms with van der Waals surface area (Å²) < 4.78 is 10.2. The Morgan fingerprint density at radius 2 is 1.77 bits per heavy atom. The van der Waals surface area contributed by atoms with Crippen molar-refractivity contribution in [2.45, 2.75) is 39.5 Å². The number of hydrogen-bond acceptors (Lipinski definition) is 5. The average Bonchev–Trinajstić information content (AvgIpc) is 2.52. The third kappa shape index (κ3) is 5.68. The molecule has 0 N–H and O–H groups in total. The van der Waals surface area contributed by atoms with Gasteiger partial charge in [-0.2, -0.15) is 0 Å². The normalized spacial score (nSPS) is 10.1. The summed E-state index contributed by atoms with van der Waals surface area (Å²) in [5, 5.41) is 0. The van der Waals surface area contributed by atoms with Gasteiger partial charge in [0.15, 0.2) is 5.78 Å². The number of rotatable bonds is 10. The number of esters is 1. The molecule has 1 rings (SSSR count). The van der Waals surface area contributed by atoms with Crippen molar-refractivity contribution in [3.63, 3.8) is 0 Å². The summed E-state index contributed by atoms with van der Waals surface area (Å²) in [4.78, 5) is 35.0. The smallest absolute Gasteiger partial charge is 0.375 e. The Kier molecular flexibility index (Phi) is 7.89. The van der Waals surface area contributed by atoms with Crippen molar-refractivity contribution >= 4 is 17.5 Å². The molecule has 0 aliphatic heterocycles. The number of Topliss-reactive ketones (excluding diaryl/α,β-unsaturated/α-hetero) is 2. The van der Waals surface area contributed by atoms with Crippen LogP contribution < -0.4 is 4.74 Å². The van der Waals surface area contributed by atoms with E-state index >= 15 is 0 Å². The molecule has 22 heavy (non-hydrogen) atoms. The summed E-state index contributed by atoms with van der Waals surface area (Å²) >= 11 is 0. The molecule has 0 aliphatic rings. The maximum atomic E-state index is 12.2. The number of ketones is 2. The number of unbranched alkanes of at least 4 members (excludes halogenated alkanes) is 2. The van der Waals surface area contributed by atoms with Crippen LogP contribution in [0.4, 0.5) is 0 Å². The van der Waals surface area contributed by atoms with Gasteiger partial charge in [0, 0.05) is 0 Å². The maximum Gasteiger partial charge on any atom is 0.375 e. The molecule has 0 saturated carbocycles. The van der Waals surface area contributed by atoms with E-state index in [9.17, 15) is 14.4 Å². The van der Waals surface area contributed by atoms with Crippen molar-refractivity contribution < 1.29 is 23.9 Å². The van der Waals surface area contributed by atoms with Crippen LogP contribution in [0, 0.1) is 0 Å². The van der Waals surface area contributed by atoms with Gasteiger partial charge in [-0.15, -0.1) is 0 Å². The molecule has 0 spiro atoms. The minimum Gasteiger partial charge on any atom is -0.493 e. The standard InChI is InChI=1S/C17H22O5/c1-3-5-8-11-22-16-10-7-6-9-13(16)14(18)12-15(19)17(20)21-4-2/h6-7,9-10H,3-5,8,11-12H2,1-2H3. The molecule has 5 heteroatoms. The van der Waals surface area contributed by atoms with Crippen molar-refractivity contribution in [1.82, 2.24) is 0 Å². The Balaban J connectivity index is 2.68. The van der Waals surface area contributed by atoms with Crippen LogP contribution >= 0.6 is 0 Å². The Morgan fingerprint density at radius 3 is 2.45 bits per heavy atom. The Morgan fingerprint density at radius 1 is 1.05 bits per heavy atom. The fraction of sp³-hybridized carbons (Fsp3) is 0.471. The quantitative estimate of drug-likeness (QED) is 0.218. The zero-order chi connectivity index (χ0) is 16.4. The lowest BCUT2D eigenvalue weighted by atomic mass is 10.0. The second-order valence-corrected chi connectivity index (χ2v) is 4.80. The summed E-state index contributed by atoms with van der Waals surface area (Å²) in [5.74, 6) is -1.81. The molecular weight excluding hydrogens is 284 g/mol. The molecule has 0 saturated heterocycles. The first kappa shape index (κ1) is 17.9. The zero-order valence-electron chi connectivity index (χ0n) is 13.1. The van der Waals surface area contributed by atoms with Crippen LogP contribution in [0.15, 0.2) is 24.3 Å². The van der Waals surface area contributed by atoms with E-state index in [0.29, 0.717) is 17.9 Å². The molecule has 120 valence electrons. The van der Waals surface area contributed by atoms with Gasteiger partial charge < -0.3 is 9.47 Å². The molecule has 0 aliphatic carbocycles. The SMILES string of the molecule is CCCCCOc1ccccc1C(=O)CC(=O)C(=O)OCC. The van der Waals surface area contributed by atoms with Gasteiger partial charge in [0.25, 0.3) is 0 Å². The van der Waals surface area contributed by atoms with E-state index in [2.05, 4.69) is 11.7 Å². The minimum atomic E-state index is -0.975. The van der Waals surface area contributed by atoms with Crippen molar-refractivity contribution in [2.75, 3.05) is 13.2 Å². The third-order valence-electron chi connectivity index (χ3n) is 3.02. The predicted molar refractivity (Wildman–Crippen MR) is 82.0 cm³/mol. The highest BCUT2D eigenvalue weighted by Gasteiger charge is 2.21. The number of para-hydroxylation sites is 1. The summed E-state index contributed by atoms with van der Waals surface area (Å²) in [6.07, 6.45) is 2.53. The van der Waals surface area contributed by atoms with Crippen LogP contribution in [0.1, 0.15) is 49.9 Å². The van der Waals surface area contributed by atoms with Gasteiger partial charge in [0.2, 0.25) is 5.78 Å². The first-order valence-corrected chi connectivity index (χ1v) is 7.55. The molecular formula is C17H22O5. The summed E-state index contributed by atoms with van der Waals surface area (Å²) in [5.41, 5.74) is 0.316. The number of carbonyl (C=O) groups is 3. The lowest BCUT2D eigenvalue weighted by Crippen LogP contribution is -2.21. The van der Waals surface area contributed by atoms with E-state index in [0.717, 1.165) is 19.3 Å². The fourth-order valence-electron chi connectivity index (χ4n) is 1.88. The molecule has 1 aromatic rings. The molecule has 0 unspecified atom stereocenters. The van der Waals surface area contributed by atoms with Gasteiger partial charge in [-0.1, -0.05) is 31.9 Å². The van der Waals surface area contributed by atoms with E-state index in [1.54, 1.807) is 31.2 Å². The van der Waals surface area contributed by atoms with Gasteiger partial charge in [0.1, 0.15) is 5.75 Å². The topological polar surface area (TPSA) is 69.7 Å². The molecule has 1 aromatic carbocycles. The monoisotopic (exact) mass is 306 g/mol. The van der Waals surface area contributed by atoms with Crippen LogP contribution in [-0.4, -0.2) is 30.7 Å². The highest BCUT2D eigenvalue weighted by atomic mass is 16.5. The van der Waals surface area contributed by atoms with Crippen LogP contribution in [0.3, 0.4) is 0 Å². The summed E-state index contributed by atoms with van der Waals surface area (Å²) in [7, 11) is 0. The van der Waals surface area contributed by atoms with Crippen LogP contribution in [-0.2, 0) is 14.3 Å². The van der Waals surface area contributed by atoms with Gasteiger partial charge in [0.05, 0.1) is 25.2 Å². The number of hydrogen-bond donors (Lipinski definition) is 0. The Hall–Kier alpha value is -2.17. The van der Waals surface area contributed by atoms with Gasteiger partial charge in [-0.05, 0) is 25.5 Å². The second-order valence-electron chi connectivity index (χ2n) is 4.80. The zero-order valence-corrected chi connectivity index (χ0v) is 13.1. The number of benzene rings is 1. The number of carbonyl (C=O) groups excluding carboxylic acids is 3. The maximum absolute atomic E-state index is 12.2. The predicted octanol–water partition coefficient (Wildman–Crippen LogP) is 2.96. The van der Waals surface area contributed by atoms with Crippen LogP contribution in [0.25, 0.3) is 0 Å². The van der Waals surface area contributed by atoms with E-state index < -0.39 is 24.0 Å². The van der Waals surface area contributed by atoms with Gasteiger partial charge in [-0.25, -0.2) is 4.79 Å². The minimum absolute atomic E-state index is 0.107. The highest BCUT2D eigenvalue weighted by Crippen LogP contribution is 2.20. The summed E-state index contributed by atoms with van der Waals surface area (Å²) in [6, 6.07) is 6.74. The van der Waals surface area contributed by atoms with Crippen molar-refractivity contribution in [3.8, 4) is 5.75 Å². The summed E-state index contributed by atoms with van der Waals surface area (Å²) in [6.45, 7) is 4.32.